The standard InChI is InChI=1S/C11H17N3O3/c1-2-17-11(16)7-10(15)5-3-4-6-14-9-12-8-13-14/h8-9H,2-7H2,1H3. The van der Waals surface area contributed by atoms with Gasteiger partial charge in [-0.2, -0.15) is 5.10 Å². The number of esters is 1. The van der Waals surface area contributed by atoms with Gasteiger partial charge < -0.3 is 4.74 Å². The molecule has 0 atom stereocenters. The molecule has 0 aliphatic heterocycles. The van der Waals surface area contributed by atoms with Crippen LogP contribution in [0.4, 0.5) is 0 Å². The maximum Gasteiger partial charge on any atom is 0.313 e. The lowest BCUT2D eigenvalue weighted by atomic mass is 10.1. The largest absolute Gasteiger partial charge is 0.466 e. The zero-order valence-electron chi connectivity index (χ0n) is 9.96. The molecule has 0 fully saturated rings. The second-order valence-corrected chi connectivity index (χ2v) is 3.64. The molecule has 6 heteroatoms. The van der Waals surface area contributed by atoms with Crippen LogP contribution in [0.1, 0.15) is 32.6 Å². The predicted molar refractivity (Wildman–Crippen MR) is 60.1 cm³/mol. The van der Waals surface area contributed by atoms with E-state index in [1.54, 1.807) is 17.9 Å². The number of carbonyl (C=O) groups excluding carboxylic acids is 2. The summed E-state index contributed by atoms with van der Waals surface area (Å²) >= 11 is 0. The van der Waals surface area contributed by atoms with E-state index in [4.69, 9.17) is 4.74 Å². The molecule has 1 heterocycles. The number of Topliss-reactive ketones (excluding diaryl/α,β-unsaturated/α-hetero) is 1. The zero-order chi connectivity index (χ0) is 12.5. The highest BCUT2D eigenvalue weighted by atomic mass is 16.5. The van der Waals surface area contributed by atoms with Crippen molar-refractivity contribution in [3.05, 3.63) is 12.7 Å². The SMILES string of the molecule is CCOC(=O)CC(=O)CCCCn1cncn1. The second-order valence-electron chi connectivity index (χ2n) is 3.64. The molecule has 6 nitrogen and oxygen atoms in total. The number of unbranched alkanes of at least 4 members (excludes halogenated alkanes) is 1. The van der Waals surface area contributed by atoms with Crippen LogP contribution < -0.4 is 0 Å². The van der Waals surface area contributed by atoms with Crippen molar-refractivity contribution < 1.29 is 14.3 Å². The van der Waals surface area contributed by atoms with Gasteiger partial charge in [-0.15, -0.1) is 0 Å². The van der Waals surface area contributed by atoms with Gasteiger partial charge in [0.25, 0.3) is 0 Å². The van der Waals surface area contributed by atoms with E-state index in [0.29, 0.717) is 13.0 Å². The number of aromatic nitrogens is 3. The Labute approximate surface area is 100.0 Å². The quantitative estimate of drug-likeness (QED) is 0.384. The first-order valence-electron chi connectivity index (χ1n) is 5.72. The summed E-state index contributed by atoms with van der Waals surface area (Å²) in [7, 11) is 0. The average Bonchev–Trinajstić information content (AvgIpc) is 2.77. The van der Waals surface area contributed by atoms with Crippen molar-refractivity contribution in [2.75, 3.05) is 6.61 Å². The Morgan fingerprint density at radius 3 is 2.82 bits per heavy atom. The van der Waals surface area contributed by atoms with Crippen molar-refractivity contribution in [2.45, 2.75) is 39.2 Å². The number of carbonyl (C=O) groups is 2. The smallest absolute Gasteiger partial charge is 0.313 e. The fourth-order valence-electron chi connectivity index (χ4n) is 1.41. The third-order valence-corrected chi connectivity index (χ3v) is 2.21. The molecule has 0 amide bonds. The monoisotopic (exact) mass is 239 g/mol. The van der Waals surface area contributed by atoms with Crippen molar-refractivity contribution in [3.8, 4) is 0 Å². The van der Waals surface area contributed by atoms with E-state index in [9.17, 15) is 9.59 Å². The Bertz CT molecular complexity index is 349. The molecule has 0 spiro atoms. The Morgan fingerprint density at radius 2 is 2.18 bits per heavy atom. The molecule has 1 aromatic heterocycles. The first-order valence-corrected chi connectivity index (χ1v) is 5.72. The van der Waals surface area contributed by atoms with Crippen molar-refractivity contribution >= 4 is 11.8 Å². The molecule has 0 unspecified atom stereocenters. The van der Waals surface area contributed by atoms with Crippen LogP contribution in [0, 0.1) is 0 Å². The van der Waals surface area contributed by atoms with Crippen LogP contribution in [0.5, 0.6) is 0 Å². The summed E-state index contributed by atoms with van der Waals surface area (Å²) in [6.07, 6.45) is 5.01. The number of hydrogen-bond acceptors (Lipinski definition) is 5. The van der Waals surface area contributed by atoms with Gasteiger partial charge in [0.15, 0.2) is 0 Å². The van der Waals surface area contributed by atoms with E-state index >= 15 is 0 Å². The highest BCUT2D eigenvalue weighted by Gasteiger charge is 2.09. The summed E-state index contributed by atoms with van der Waals surface area (Å²) in [5, 5.41) is 3.95. The molecule has 0 bridgehead atoms. The maximum absolute atomic E-state index is 11.4. The number of aryl methyl sites for hydroxylation is 1. The van der Waals surface area contributed by atoms with Crippen LogP contribution in [0.3, 0.4) is 0 Å². The number of rotatable bonds is 8. The summed E-state index contributed by atoms with van der Waals surface area (Å²) in [5.41, 5.74) is 0. The molecule has 1 aromatic rings. The lowest BCUT2D eigenvalue weighted by Crippen LogP contribution is -2.11. The number of nitrogens with zero attached hydrogens (tertiary/aromatic N) is 3. The van der Waals surface area contributed by atoms with Gasteiger partial charge in [0.2, 0.25) is 0 Å². The van der Waals surface area contributed by atoms with Crippen LogP contribution >= 0.6 is 0 Å². The number of hydrogen-bond donors (Lipinski definition) is 0. The summed E-state index contributed by atoms with van der Waals surface area (Å²) in [6.45, 7) is 2.78. The molecule has 94 valence electrons. The zero-order valence-corrected chi connectivity index (χ0v) is 9.96. The molecular weight excluding hydrogens is 222 g/mol. The molecule has 0 saturated carbocycles. The summed E-state index contributed by atoms with van der Waals surface area (Å²) in [6, 6.07) is 0. The average molecular weight is 239 g/mol. The molecule has 0 aliphatic carbocycles. The van der Waals surface area contributed by atoms with Crippen molar-refractivity contribution in [1.82, 2.24) is 14.8 Å². The van der Waals surface area contributed by atoms with E-state index < -0.39 is 5.97 Å². The van der Waals surface area contributed by atoms with Gasteiger partial charge in [-0.05, 0) is 19.8 Å². The third-order valence-electron chi connectivity index (χ3n) is 2.21. The normalized spacial score (nSPS) is 10.2. The maximum atomic E-state index is 11.4. The molecule has 0 N–H and O–H groups in total. The van der Waals surface area contributed by atoms with Gasteiger partial charge in [-0.25, -0.2) is 4.98 Å². The van der Waals surface area contributed by atoms with Crippen molar-refractivity contribution in [2.24, 2.45) is 0 Å². The van der Waals surface area contributed by atoms with Crippen LogP contribution in [0.25, 0.3) is 0 Å². The first kappa shape index (κ1) is 13.3. The van der Waals surface area contributed by atoms with Crippen molar-refractivity contribution in [3.63, 3.8) is 0 Å². The van der Waals surface area contributed by atoms with E-state index in [2.05, 4.69) is 10.1 Å². The fraction of sp³-hybridized carbons (Fsp3) is 0.636. The van der Waals surface area contributed by atoms with E-state index in [0.717, 1.165) is 19.4 Å². The Balaban J connectivity index is 2.06. The minimum atomic E-state index is -0.436. The van der Waals surface area contributed by atoms with Crippen LogP contribution in [-0.2, 0) is 20.9 Å². The number of ether oxygens (including phenoxy) is 1. The Hall–Kier alpha value is -1.72. The fourth-order valence-corrected chi connectivity index (χ4v) is 1.41. The minimum Gasteiger partial charge on any atom is -0.466 e. The van der Waals surface area contributed by atoms with E-state index in [1.807, 2.05) is 0 Å². The molecule has 0 saturated heterocycles. The summed E-state index contributed by atoms with van der Waals surface area (Å²) in [4.78, 5) is 26.2. The third kappa shape index (κ3) is 5.79. The molecule has 1 rings (SSSR count). The van der Waals surface area contributed by atoms with E-state index in [-0.39, 0.29) is 12.2 Å². The van der Waals surface area contributed by atoms with Gasteiger partial charge in [-0.1, -0.05) is 0 Å². The highest BCUT2D eigenvalue weighted by Crippen LogP contribution is 2.02. The highest BCUT2D eigenvalue weighted by molar-refractivity contribution is 5.95. The first-order chi connectivity index (χ1) is 8.22. The number of ketones is 1. The topological polar surface area (TPSA) is 74.1 Å². The van der Waals surface area contributed by atoms with Gasteiger partial charge in [0, 0.05) is 13.0 Å². The minimum absolute atomic E-state index is 0.0676. The lowest BCUT2D eigenvalue weighted by molar-refractivity contribution is -0.145. The van der Waals surface area contributed by atoms with Gasteiger partial charge in [0.05, 0.1) is 6.61 Å². The van der Waals surface area contributed by atoms with Crippen LogP contribution in [0.2, 0.25) is 0 Å². The van der Waals surface area contributed by atoms with Gasteiger partial charge in [0.1, 0.15) is 24.9 Å². The van der Waals surface area contributed by atoms with Crippen LogP contribution in [-0.4, -0.2) is 33.1 Å². The summed E-state index contributed by atoms with van der Waals surface area (Å²) < 4.78 is 6.41. The van der Waals surface area contributed by atoms with Gasteiger partial charge >= 0.3 is 5.97 Å². The van der Waals surface area contributed by atoms with Crippen molar-refractivity contribution in [1.29, 1.82) is 0 Å². The lowest BCUT2D eigenvalue weighted by Gasteiger charge is -2.02. The molecule has 0 aliphatic rings. The Morgan fingerprint density at radius 1 is 1.35 bits per heavy atom. The van der Waals surface area contributed by atoms with Crippen LogP contribution in [0.15, 0.2) is 12.7 Å². The van der Waals surface area contributed by atoms with Gasteiger partial charge in [-0.3, -0.25) is 14.3 Å². The molecule has 0 radical (unpaired) electrons. The second kappa shape index (κ2) is 7.54. The van der Waals surface area contributed by atoms with E-state index in [1.165, 1.54) is 6.33 Å². The predicted octanol–water partition coefficient (Wildman–Crippen LogP) is 0.971. The molecular formula is C11H17N3O3. The molecule has 0 aromatic carbocycles. The molecule has 17 heavy (non-hydrogen) atoms. The Kier molecular flexibility index (Phi) is 5.92. The summed E-state index contributed by atoms with van der Waals surface area (Å²) in [5.74, 6) is -0.504.